The SMILES string of the molecule is CNC(=O)NC(=O)[C@H](OC(=O)C1CC1)c1ccccc1. The standard InChI is InChI=1S/C14H16N2O4/c1-15-14(19)16-12(17)11(9-5-3-2-4-6-9)20-13(18)10-7-8-10/h2-6,10-11H,7-8H2,1H3,(H2,15,16,17,19)/t11-/m1/s1. The molecule has 0 heterocycles. The van der Waals surface area contributed by atoms with Crippen LogP contribution in [0.2, 0.25) is 0 Å². The Morgan fingerprint density at radius 1 is 1.20 bits per heavy atom. The zero-order valence-electron chi connectivity index (χ0n) is 11.1. The predicted octanol–water partition coefficient (Wildman–Crippen LogP) is 1.14. The number of carbonyl (C=O) groups excluding carboxylic acids is 3. The lowest BCUT2D eigenvalue weighted by Gasteiger charge is -2.17. The molecule has 0 saturated heterocycles. The van der Waals surface area contributed by atoms with Gasteiger partial charge in [-0.05, 0) is 12.8 Å². The van der Waals surface area contributed by atoms with Crippen LogP contribution in [-0.4, -0.2) is 25.0 Å². The second kappa shape index (κ2) is 6.18. The van der Waals surface area contributed by atoms with E-state index in [9.17, 15) is 14.4 Å². The number of imide groups is 1. The number of benzene rings is 1. The van der Waals surface area contributed by atoms with Crippen molar-refractivity contribution < 1.29 is 19.1 Å². The van der Waals surface area contributed by atoms with Crippen LogP contribution in [0.25, 0.3) is 0 Å². The molecule has 0 spiro atoms. The molecule has 1 aliphatic carbocycles. The number of esters is 1. The summed E-state index contributed by atoms with van der Waals surface area (Å²) >= 11 is 0. The fourth-order valence-electron chi connectivity index (χ4n) is 1.67. The molecule has 1 aromatic rings. The van der Waals surface area contributed by atoms with E-state index in [1.807, 2.05) is 0 Å². The quantitative estimate of drug-likeness (QED) is 0.807. The molecule has 0 bridgehead atoms. The molecule has 2 N–H and O–H groups in total. The third-order valence-electron chi connectivity index (χ3n) is 2.95. The highest BCUT2D eigenvalue weighted by Crippen LogP contribution is 2.32. The summed E-state index contributed by atoms with van der Waals surface area (Å²) in [5.41, 5.74) is 0.530. The second-order valence-corrected chi connectivity index (χ2v) is 4.57. The monoisotopic (exact) mass is 276 g/mol. The highest BCUT2D eigenvalue weighted by Gasteiger charge is 2.35. The summed E-state index contributed by atoms with van der Waals surface area (Å²) in [6.45, 7) is 0. The first-order valence-electron chi connectivity index (χ1n) is 6.40. The first-order valence-corrected chi connectivity index (χ1v) is 6.40. The average molecular weight is 276 g/mol. The van der Waals surface area contributed by atoms with Gasteiger partial charge < -0.3 is 10.1 Å². The molecule has 6 heteroatoms. The predicted molar refractivity (Wildman–Crippen MR) is 70.6 cm³/mol. The molecule has 0 aliphatic heterocycles. The van der Waals surface area contributed by atoms with E-state index in [-0.39, 0.29) is 5.92 Å². The van der Waals surface area contributed by atoms with Gasteiger partial charge in [-0.15, -0.1) is 0 Å². The molecule has 1 fully saturated rings. The Morgan fingerprint density at radius 2 is 1.85 bits per heavy atom. The number of carbonyl (C=O) groups is 3. The number of hydrogen-bond donors (Lipinski definition) is 2. The fourth-order valence-corrected chi connectivity index (χ4v) is 1.67. The Hall–Kier alpha value is -2.37. The molecule has 1 aromatic carbocycles. The molecular weight excluding hydrogens is 260 g/mol. The van der Waals surface area contributed by atoms with Crippen molar-refractivity contribution in [2.75, 3.05) is 7.05 Å². The number of rotatable bonds is 4. The number of hydrogen-bond acceptors (Lipinski definition) is 4. The van der Waals surface area contributed by atoms with E-state index in [1.54, 1.807) is 30.3 Å². The zero-order chi connectivity index (χ0) is 14.5. The van der Waals surface area contributed by atoms with E-state index in [0.29, 0.717) is 5.56 Å². The smallest absolute Gasteiger partial charge is 0.321 e. The van der Waals surface area contributed by atoms with Crippen LogP contribution in [-0.2, 0) is 14.3 Å². The van der Waals surface area contributed by atoms with E-state index in [2.05, 4.69) is 10.6 Å². The van der Waals surface area contributed by atoms with E-state index < -0.39 is 24.0 Å². The minimum absolute atomic E-state index is 0.117. The van der Waals surface area contributed by atoms with Crippen LogP contribution in [0, 0.1) is 5.92 Å². The molecule has 0 unspecified atom stereocenters. The normalized spacial score (nSPS) is 15.1. The minimum atomic E-state index is -1.11. The molecule has 106 valence electrons. The van der Waals surface area contributed by atoms with Gasteiger partial charge in [-0.2, -0.15) is 0 Å². The summed E-state index contributed by atoms with van der Waals surface area (Å²) in [7, 11) is 1.40. The maximum atomic E-state index is 12.0. The van der Waals surface area contributed by atoms with Crippen LogP contribution in [0.3, 0.4) is 0 Å². The third-order valence-corrected chi connectivity index (χ3v) is 2.95. The summed E-state index contributed by atoms with van der Waals surface area (Å²) in [4.78, 5) is 35.0. The lowest BCUT2D eigenvalue weighted by atomic mass is 10.1. The molecule has 6 nitrogen and oxygen atoms in total. The molecule has 3 amide bonds. The summed E-state index contributed by atoms with van der Waals surface area (Å²) in [5.74, 6) is -1.18. The van der Waals surface area contributed by atoms with Crippen molar-refractivity contribution in [2.24, 2.45) is 5.92 Å². The van der Waals surface area contributed by atoms with Gasteiger partial charge in [0.15, 0.2) is 0 Å². The molecule has 0 radical (unpaired) electrons. The average Bonchev–Trinajstić information content (AvgIpc) is 3.29. The maximum Gasteiger partial charge on any atom is 0.321 e. The van der Waals surface area contributed by atoms with Gasteiger partial charge in [0.2, 0.25) is 6.10 Å². The van der Waals surface area contributed by atoms with Gasteiger partial charge in [-0.3, -0.25) is 14.9 Å². The number of nitrogens with one attached hydrogen (secondary N) is 2. The van der Waals surface area contributed by atoms with E-state index in [0.717, 1.165) is 12.8 Å². The Labute approximate surface area is 116 Å². The second-order valence-electron chi connectivity index (χ2n) is 4.57. The van der Waals surface area contributed by atoms with Crippen LogP contribution in [0.15, 0.2) is 30.3 Å². The molecular formula is C14H16N2O4. The molecule has 20 heavy (non-hydrogen) atoms. The van der Waals surface area contributed by atoms with Crippen LogP contribution in [0.4, 0.5) is 4.79 Å². The Balaban J connectivity index is 2.12. The van der Waals surface area contributed by atoms with E-state index in [4.69, 9.17) is 4.74 Å². The Bertz CT molecular complexity index is 511. The zero-order valence-corrected chi connectivity index (χ0v) is 11.1. The van der Waals surface area contributed by atoms with Crippen LogP contribution >= 0.6 is 0 Å². The molecule has 0 aromatic heterocycles. The van der Waals surface area contributed by atoms with E-state index in [1.165, 1.54) is 7.05 Å². The summed E-state index contributed by atoms with van der Waals surface area (Å²) in [6, 6.07) is 7.97. The highest BCUT2D eigenvalue weighted by atomic mass is 16.5. The van der Waals surface area contributed by atoms with Crippen LogP contribution in [0.5, 0.6) is 0 Å². The van der Waals surface area contributed by atoms with Gasteiger partial charge in [-0.1, -0.05) is 30.3 Å². The Kier molecular flexibility index (Phi) is 4.34. The molecule has 1 aliphatic rings. The van der Waals surface area contributed by atoms with Crippen LogP contribution < -0.4 is 10.6 Å². The van der Waals surface area contributed by atoms with Crippen molar-refractivity contribution >= 4 is 17.9 Å². The van der Waals surface area contributed by atoms with Gasteiger partial charge in [0.05, 0.1) is 5.92 Å². The maximum absolute atomic E-state index is 12.0. The molecule has 1 atom stereocenters. The summed E-state index contributed by atoms with van der Waals surface area (Å²) in [5, 5.41) is 4.41. The number of amides is 3. The van der Waals surface area contributed by atoms with Crippen molar-refractivity contribution in [1.82, 2.24) is 10.6 Å². The first-order chi connectivity index (χ1) is 9.61. The topological polar surface area (TPSA) is 84.5 Å². The lowest BCUT2D eigenvalue weighted by Crippen LogP contribution is -2.41. The Morgan fingerprint density at radius 3 is 2.40 bits per heavy atom. The highest BCUT2D eigenvalue weighted by molar-refractivity contribution is 5.97. The summed E-state index contributed by atoms with van der Waals surface area (Å²) < 4.78 is 5.24. The lowest BCUT2D eigenvalue weighted by molar-refractivity contribution is -0.157. The summed E-state index contributed by atoms with van der Waals surface area (Å²) in [6.07, 6.45) is 0.469. The molecule has 2 rings (SSSR count). The van der Waals surface area contributed by atoms with Crippen molar-refractivity contribution in [1.29, 1.82) is 0 Å². The van der Waals surface area contributed by atoms with Gasteiger partial charge in [0.25, 0.3) is 5.91 Å². The van der Waals surface area contributed by atoms with Gasteiger partial charge in [-0.25, -0.2) is 4.79 Å². The van der Waals surface area contributed by atoms with Crippen molar-refractivity contribution in [2.45, 2.75) is 18.9 Å². The minimum Gasteiger partial charge on any atom is -0.447 e. The number of ether oxygens (including phenoxy) is 1. The largest absolute Gasteiger partial charge is 0.447 e. The third kappa shape index (κ3) is 3.57. The van der Waals surface area contributed by atoms with Gasteiger partial charge in [0, 0.05) is 12.6 Å². The van der Waals surface area contributed by atoms with Crippen molar-refractivity contribution in [3.8, 4) is 0 Å². The van der Waals surface area contributed by atoms with Crippen molar-refractivity contribution in [3.63, 3.8) is 0 Å². The van der Waals surface area contributed by atoms with E-state index >= 15 is 0 Å². The first kappa shape index (κ1) is 14.0. The van der Waals surface area contributed by atoms with Crippen molar-refractivity contribution in [3.05, 3.63) is 35.9 Å². The van der Waals surface area contributed by atoms with Crippen LogP contribution in [0.1, 0.15) is 24.5 Å². The molecule has 1 saturated carbocycles. The van der Waals surface area contributed by atoms with Gasteiger partial charge in [0.1, 0.15) is 0 Å². The number of urea groups is 1. The van der Waals surface area contributed by atoms with Gasteiger partial charge >= 0.3 is 12.0 Å². The fraction of sp³-hybridized carbons (Fsp3) is 0.357.